The van der Waals surface area contributed by atoms with E-state index < -0.39 is 12.6 Å². The van der Waals surface area contributed by atoms with Crippen LogP contribution in [0, 0.1) is 0 Å². The van der Waals surface area contributed by atoms with Gasteiger partial charge in [-0.25, -0.2) is 15.3 Å². The Morgan fingerprint density at radius 1 is 1.71 bits per heavy atom. The second-order valence-corrected chi connectivity index (χ2v) is 3.65. The summed E-state index contributed by atoms with van der Waals surface area (Å²) in [6.45, 7) is 3.55. The fourth-order valence-corrected chi connectivity index (χ4v) is 1.33. The zero-order chi connectivity index (χ0) is 10.6. The van der Waals surface area contributed by atoms with Gasteiger partial charge in [-0.1, -0.05) is 13.8 Å². The van der Waals surface area contributed by atoms with Gasteiger partial charge in [0.05, 0.1) is 0 Å². The van der Waals surface area contributed by atoms with Gasteiger partial charge in [0.2, 0.25) is 5.13 Å². The highest BCUT2D eigenvalue weighted by molar-refractivity contribution is 7.09. The Bertz CT molecular complexity index is 313. The maximum absolute atomic E-state index is 10.1. The summed E-state index contributed by atoms with van der Waals surface area (Å²) in [5.74, 6) is -0.0659. The predicted octanol–water partition coefficient (Wildman–Crippen LogP) is 1.09. The second-order valence-electron chi connectivity index (χ2n) is 2.90. The second kappa shape index (κ2) is 4.87. The minimum absolute atomic E-state index is 0.251. The Kier molecular flexibility index (Phi) is 3.78. The van der Waals surface area contributed by atoms with Crippen LogP contribution in [0.25, 0.3) is 0 Å². The summed E-state index contributed by atoms with van der Waals surface area (Å²) in [6.07, 6.45) is 0. The first-order valence-corrected chi connectivity index (χ1v) is 4.80. The molecule has 0 aliphatic heterocycles. The maximum Gasteiger partial charge on any atom is 0.332 e. The molecule has 0 radical (unpaired) electrons. The molecule has 1 aromatic heterocycles. The van der Waals surface area contributed by atoms with E-state index in [4.69, 9.17) is 5.11 Å². The van der Waals surface area contributed by atoms with Crippen LogP contribution in [-0.4, -0.2) is 27.0 Å². The molecule has 14 heavy (non-hydrogen) atoms. The van der Waals surface area contributed by atoms with Crippen LogP contribution in [0.2, 0.25) is 0 Å². The van der Waals surface area contributed by atoms with Crippen molar-refractivity contribution in [1.82, 2.24) is 9.36 Å². The van der Waals surface area contributed by atoms with Gasteiger partial charge in [-0.3, -0.25) is 4.84 Å². The lowest BCUT2D eigenvalue weighted by Gasteiger charge is -1.99. The van der Waals surface area contributed by atoms with E-state index in [9.17, 15) is 4.79 Å². The first kappa shape index (κ1) is 10.9. The van der Waals surface area contributed by atoms with Gasteiger partial charge in [0.25, 0.3) is 0 Å². The third kappa shape index (κ3) is 3.27. The number of nitrogens with one attached hydrogen (secondary N) is 1. The normalized spacial score (nSPS) is 10.5. The fraction of sp³-hybridized carbons (Fsp3) is 0.571. The highest BCUT2D eigenvalue weighted by Crippen LogP contribution is 2.16. The molecule has 0 fully saturated rings. The molecule has 0 saturated heterocycles. The number of hydrogen-bond donors (Lipinski definition) is 2. The molecule has 0 saturated carbocycles. The molecule has 1 heterocycles. The van der Waals surface area contributed by atoms with E-state index in [1.807, 2.05) is 13.8 Å². The van der Waals surface area contributed by atoms with Crippen molar-refractivity contribution >= 4 is 22.6 Å². The van der Waals surface area contributed by atoms with Crippen molar-refractivity contribution < 1.29 is 14.7 Å². The highest BCUT2D eigenvalue weighted by atomic mass is 32.1. The van der Waals surface area contributed by atoms with Crippen molar-refractivity contribution in [3.8, 4) is 0 Å². The number of nitrogens with zero attached hydrogens (tertiary/aromatic N) is 2. The van der Waals surface area contributed by atoms with E-state index in [1.54, 1.807) is 0 Å². The number of carboxylic acids is 1. The molecule has 78 valence electrons. The number of anilines is 1. The monoisotopic (exact) mass is 217 g/mol. The Morgan fingerprint density at radius 2 is 2.43 bits per heavy atom. The molecule has 2 N–H and O–H groups in total. The Labute approximate surface area is 85.1 Å². The van der Waals surface area contributed by atoms with Crippen molar-refractivity contribution in [2.24, 2.45) is 0 Å². The first-order valence-electron chi connectivity index (χ1n) is 4.02. The molecule has 1 rings (SSSR count). The molecule has 0 aliphatic rings. The van der Waals surface area contributed by atoms with Gasteiger partial charge in [-0.05, 0) is 0 Å². The molecule has 0 spiro atoms. The average molecular weight is 217 g/mol. The minimum Gasteiger partial charge on any atom is -0.479 e. The highest BCUT2D eigenvalue weighted by Gasteiger charge is 2.07. The average Bonchev–Trinajstić information content (AvgIpc) is 2.52. The van der Waals surface area contributed by atoms with Crippen molar-refractivity contribution in [3.05, 3.63) is 5.82 Å². The van der Waals surface area contributed by atoms with Crippen LogP contribution in [0.15, 0.2) is 0 Å². The molecule has 0 amide bonds. The quantitative estimate of drug-likeness (QED) is 0.718. The largest absolute Gasteiger partial charge is 0.479 e. The number of hydrogen-bond acceptors (Lipinski definition) is 6. The number of aromatic nitrogens is 2. The molecule has 1 aromatic rings. The van der Waals surface area contributed by atoms with Crippen LogP contribution >= 0.6 is 11.5 Å². The van der Waals surface area contributed by atoms with Gasteiger partial charge in [-0.15, -0.1) is 0 Å². The number of carbonyl (C=O) groups is 1. The fourth-order valence-electron chi connectivity index (χ4n) is 0.670. The van der Waals surface area contributed by atoms with Gasteiger partial charge in [-0.2, -0.15) is 4.37 Å². The molecule has 6 nitrogen and oxygen atoms in total. The molecule has 0 atom stereocenters. The lowest BCUT2D eigenvalue weighted by Crippen LogP contribution is -2.11. The molecular weight excluding hydrogens is 206 g/mol. The minimum atomic E-state index is -1.04. The molecular formula is C7H11N3O3S. The van der Waals surface area contributed by atoms with Crippen molar-refractivity contribution in [2.75, 3.05) is 12.1 Å². The maximum atomic E-state index is 10.1. The predicted molar refractivity (Wildman–Crippen MR) is 51.2 cm³/mol. The third-order valence-corrected chi connectivity index (χ3v) is 1.94. The lowest BCUT2D eigenvalue weighted by molar-refractivity contribution is -0.141. The Balaban J connectivity index is 2.40. The first-order chi connectivity index (χ1) is 6.59. The SMILES string of the molecule is CC(C)c1nsc(NOCC(=O)O)n1. The van der Waals surface area contributed by atoms with Crippen LogP contribution in [0.4, 0.5) is 5.13 Å². The van der Waals surface area contributed by atoms with E-state index in [0.29, 0.717) is 5.13 Å². The van der Waals surface area contributed by atoms with Crippen molar-refractivity contribution in [1.29, 1.82) is 0 Å². The van der Waals surface area contributed by atoms with E-state index in [1.165, 1.54) is 0 Å². The topological polar surface area (TPSA) is 84.3 Å². The summed E-state index contributed by atoms with van der Waals surface area (Å²) in [4.78, 5) is 18.8. The summed E-state index contributed by atoms with van der Waals surface area (Å²) in [5.41, 5.74) is 2.42. The van der Waals surface area contributed by atoms with E-state index >= 15 is 0 Å². The Morgan fingerprint density at radius 3 is 2.93 bits per heavy atom. The van der Waals surface area contributed by atoms with E-state index in [0.717, 1.165) is 17.4 Å². The number of carboxylic acid groups (broad SMARTS) is 1. The zero-order valence-corrected chi connectivity index (χ0v) is 8.67. The summed E-state index contributed by atoms with van der Waals surface area (Å²) < 4.78 is 4.05. The molecule has 0 aromatic carbocycles. The Hall–Kier alpha value is -1.21. The van der Waals surface area contributed by atoms with Gasteiger partial charge >= 0.3 is 5.97 Å². The van der Waals surface area contributed by atoms with Gasteiger partial charge in [0.1, 0.15) is 5.82 Å². The van der Waals surface area contributed by atoms with E-state index in [-0.39, 0.29) is 5.92 Å². The lowest BCUT2D eigenvalue weighted by atomic mass is 10.2. The number of aliphatic carboxylic acids is 1. The van der Waals surface area contributed by atoms with Crippen LogP contribution in [-0.2, 0) is 9.63 Å². The molecule has 0 aliphatic carbocycles. The van der Waals surface area contributed by atoms with Crippen LogP contribution in [0.3, 0.4) is 0 Å². The third-order valence-electron chi connectivity index (χ3n) is 1.31. The van der Waals surface area contributed by atoms with Crippen LogP contribution in [0.5, 0.6) is 0 Å². The van der Waals surface area contributed by atoms with Crippen LogP contribution < -0.4 is 5.48 Å². The summed E-state index contributed by atoms with van der Waals surface area (Å²) >= 11 is 1.14. The standard InChI is InChI=1S/C7H11N3O3S/c1-4(2)6-8-7(14-10-6)9-13-3-5(11)12/h4H,3H2,1-2H3,(H,11,12)(H,8,9,10). The summed E-state index contributed by atoms with van der Waals surface area (Å²) in [7, 11) is 0. The van der Waals surface area contributed by atoms with Gasteiger partial charge in [0, 0.05) is 17.5 Å². The smallest absolute Gasteiger partial charge is 0.332 e. The summed E-state index contributed by atoms with van der Waals surface area (Å²) in [5, 5.41) is 8.75. The van der Waals surface area contributed by atoms with Crippen LogP contribution in [0.1, 0.15) is 25.6 Å². The van der Waals surface area contributed by atoms with Crippen molar-refractivity contribution in [3.63, 3.8) is 0 Å². The molecule has 0 bridgehead atoms. The van der Waals surface area contributed by atoms with Crippen molar-refractivity contribution in [2.45, 2.75) is 19.8 Å². The zero-order valence-electron chi connectivity index (χ0n) is 7.85. The molecule has 0 unspecified atom stereocenters. The summed E-state index contributed by atoms with van der Waals surface area (Å²) in [6, 6.07) is 0. The van der Waals surface area contributed by atoms with E-state index in [2.05, 4.69) is 19.7 Å². The number of rotatable bonds is 5. The van der Waals surface area contributed by atoms with Gasteiger partial charge in [0.15, 0.2) is 6.61 Å². The van der Waals surface area contributed by atoms with Gasteiger partial charge < -0.3 is 5.11 Å². The molecule has 7 heteroatoms.